The molecule has 66 valence electrons. The minimum absolute atomic E-state index is 0.330. The van der Waals surface area contributed by atoms with Crippen molar-refractivity contribution in [1.82, 2.24) is 4.90 Å². The smallest absolute Gasteiger partial charge is 0.116 e. The maximum atomic E-state index is 8.81. The largest absolute Gasteiger partial charge is 0.395 e. The number of nitrogens with zero attached hydrogens (tertiary/aromatic N) is 1. The van der Waals surface area contributed by atoms with Crippen LogP contribution in [0, 0.1) is 0 Å². The molecule has 0 aromatic carbocycles. The third-order valence-electron chi connectivity index (χ3n) is 1.88. The van der Waals surface area contributed by atoms with Gasteiger partial charge in [-0.15, -0.1) is 0 Å². The molecule has 1 rings (SSSR count). The van der Waals surface area contributed by atoms with Crippen molar-refractivity contribution in [2.75, 3.05) is 20.2 Å². The first-order valence-electron chi connectivity index (χ1n) is 3.97. The normalized spacial score (nSPS) is 24.1. The molecule has 0 bridgehead atoms. The highest BCUT2D eigenvalue weighted by molar-refractivity contribution is 5.44. The lowest BCUT2D eigenvalue weighted by Crippen LogP contribution is -2.27. The molecule has 1 saturated heterocycles. The standard InChI is InChI=1S/C6H13NO.C2H4O/c1-7-4-2-3-6(7)5-8;1-2-3/h6,8H,2-5H2,1H3;2H,1H3. The number of aliphatic hydroxyl groups excluding tert-OH is 1. The summed E-state index contributed by atoms with van der Waals surface area (Å²) in [6.45, 7) is 2.93. The van der Waals surface area contributed by atoms with Crippen LogP contribution in [0.5, 0.6) is 0 Å². The van der Waals surface area contributed by atoms with Gasteiger partial charge in [-0.25, -0.2) is 0 Å². The third-order valence-corrected chi connectivity index (χ3v) is 1.88. The zero-order valence-electron chi connectivity index (χ0n) is 7.29. The number of hydrogen-bond acceptors (Lipinski definition) is 3. The fourth-order valence-electron chi connectivity index (χ4n) is 1.21. The maximum Gasteiger partial charge on any atom is 0.116 e. The molecule has 1 fully saturated rings. The van der Waals surface area contributed by atoms with Crippen molar-refractivity contribution in [3.8, 4) is 0 Å². The van der Waals surface area contributed by atoms with Crippen molar-refractivity contribution in [2.24, 2.45) is 0 Å². The van der Waals surface area contributed by atoms with E-state index < -0.39 is 0 Å². The van der Waals surface area contributed by atoms with Gasteiger partial charge in [-0.1, -0.05) is 0 Å². The summed E-state index contributed by atoms with van der Waals surface area (Å²) in [5, 5.41) is 8.69. The minimum atomic E-state index is 0.330. The second kappa shape index (κ2) is 6.31. The van der Waals surface area contributed by atoms with Crippen LogP contribution in [0.2, 0.25) is 0 Å². The third kappa shape index (κ3) is 4.11. The molecule has 1 atom stereocenters. The lowest BCUT2D eigenvalue weighted by atomic mass is 10.2. The summed E-state index contributed by atoms with van der Waals surface area (Å²) in [5.41, 5.74) is 0. The quantitative estimate of drug-likeness (QED) is 0.559. The monoisotopic (exact) mass is 159 g/mol. The molecule has 1 unspecified atom stereocenters. The topological polar surface area (TPSA) is 40.5 Å². The number of hydrogen-bond donors (Lipinski definition) is 1. The van der Waals surface area contributed by atoms with E-state index in [9.17, 15) is 0 Å². The Kier molecular flexibility index (Phi) is 6.07. The Hall–Kier alpha value is -0.410. The van der Waals surface area contributed by atoms with Gasteiger partial charge in [0.05, 0.1) is 6.61 Å². The zero-order chi connectivity index (χ0) is 8.69. The van der Waals surface area contributed by atoms with Gasteiger partial charge in [0.1, 0.15) is 6.29 Å². The van der Waals surface area contributed by atoms with Crippen LogP contribution in [0.15, 0.2) is 0 Å². The number of carbonyl (C=O) groups is 1. The van der Waals surface area contributed by atoms with Gasteiger partial charge in [-0.2, -0.15) is 0 Å². The molecule has 3 heteroatoms. The average Bonchev–Trinajstić information content (AvgIpc) is 2.36. The van der Waals surface area contributed by atoms with E-state index in [0.717, 1.165) is 12.8 Å². The van der Waals surface area contributed by atoms with E-state index in [1.54, 1.807) is 0 Å². The molecule has 0 saturated carbocycles. The van der Waals surface area contributed by atoms with Crippen molar-refractivity contribution in [1.29, 1.82) is 0 Å². The summed E-state index contributed by atoms with van der Waals surface area (Å²) in [6.07, 6.45) is 3.18. The van der Waals surface area contributed by atoms with Crippen LogP contribution in [-0.4, -0.2) is 42.5 Å². The van der Waals surface area contributed by atoms with Crippen molar-refractivity contribution in [3.63, 3.8) is 0 Å². The number of rotatable bonds is 1. The molecule has 0 amide bonds. The molecule has 1 aliphatic rings. The average molecular weight is 159 g/mol. The van der Waals surface area contributed by atoms with Gasteiger partial charge in [0.15, 0.2) is 0 Å². The minimum Gasteiger partial charge on any atom is -0.395 e. The Morgan fingerprint density at radius 2 is 2.27 bits per heavy atom. The summed E-state index contributed by atoms with van der Waals surface area (Å²) < 4.78 is 0. The van der Waals surface area contributed by atoms with Crippen LogP contribution in [-0.2, 0) is 4.79 Å². The molecule has 0 radical (unpaired) electrons. The second-order valence-electron chi connectivity index (χ2n) is 2.69. The first-order valence-corrected chi connectivity index (χ1v) is 3.97. The number of likely N-dealkylation sites (N-methyl/N-ethyl adjacent to an activating group) is 1. The Morgan fingerprint density at radius 1 is 1.73 bits per heavy atom. The molecule has 1 N–H and O–H groups in total. The summed E-state index contributed by atoms with van der Waals surface area (Å²) in [7, 11) is 2.06. The van der Waals surface area contributed by atoms with E-state index in [-0.39, 0.29) is 0 Å². The van der Waals surface area contributed by atoms with E-state index in [0.29, 0.717) is 12.6 Å². The first-order chi connectivity index (χ1) is 5.26. The van der Waals surface area contributed by atoms with Gasteiger partial charge in [0, 0.05) is 6.04 Å². The zero-order valence-corrected chi connectivity index (χ0v) is 7.29. The number of aliphatic hydroxyl groups is 1. The van der Waals surface area contributed by atoms with Gasteiger partial charge < -0.3 is 14.8 Å². The summed E-state index contributed by atoms with van der Waals surface area (Å²) in [6, 6.07) is 0.454. The van der Waals surface area contributed by atoms with Crippen LogP contribution < -0.4 is 0 Å². The number of aldehydes is 1. The van der Waals surface area contributed by atoms with Crippen molar-refractivity contribution >= 4 is 6.29 Å². The van der Waals surface area contributed by atoms with E-state index >= 15 is 0 Å². The highest BCUT2D eigenvalue weighted by Crippen LogP contribution is 2.12. The van der Waals surface area contributed by atoms with E-state index in [4.69, 9.17) is 9.90 Å². The van der Waals surface area contributed by atoms with Crippen LogP contribution in [0.25, 0.3) is 0 Å². The molecule has 0 aromatic heterocycles. The van der Waals surface area contributed by atoms with Gasteiger partial charge in [-0.05, 0) is 33.4 Å². The van der Waals surface area contributed by atoms with Gasteiger partial charge >= 0.3 is 0 Å². The number of likely N-dealkylation sites (tertiary alicyclic amines) is 1. The van der Waals surface area contributed by atoms with Gasteiger partial charge in [0.25, 0.3) is 0 Å². The highest BCUT2D eigenvalue weighted by Gasteiger charge is 2.18. The highest BCUT2D eigenvalue weighted by atomic mass is 16.3. The molecule has 11 heavy (non-hydrogen) atoms. The van der Waals surface area contributed by atoms with E-state index in [2.05, 4.69) is 11.9 Å². The summed E-state index contributed by atoms with van der Waals surface area (Å²) in [4.78, 5) is 11.0. The summed E-state index contributed by atoms with van der Waals surface area (Å²) in [5.74, 6) is 0. The van der Waals surface area contributed by atoms with Crippen LogP contribution in [0.1, 0.15) is 19.8 Å². The summed E-state index contributed by atoms with van der Waals surface area (Å²) >= 11 is 0. The van der Waals surface area contributed by atoms with Crippen molar-refractivity contribution < 1.29 is 9.90 Å². The molecule has 0 spiro atoms. The van der Waals surface area contributed by atoms with Crippen molar-refractivity contribution in [3.05, 3.63) is 0 Å². The number of carbonyl (C=O) groups excluding carboxylic acids is 1. The predicted octanol–water partition coefficient (Wildman–Crippen LogP) is 0.278. The van der Waals surface area contributed by atoms with Crippen molar-refractivity contribution in [2.45, 2.75) is 25.8 Å². The molecule has 0 aliphatic carbocycles. The lowest BCUT2D eigenvalue weighted by molar-refractivity contribution is -0.106. The Morgan fingerprint density at radius 3 is 2.45 bits per heavy atom. The Labute approximate surface area is 68.0 Å². The lowest BCUT2D eigenvalue weighted by Gasteiger charge is -2.15. The second-order valence-corrected chi connectivity index (χ2v) is 2.69. The van der Waals surface area contributed by atoms with Gasteiger partial charge in [-0.3, -0.25) is 0 Å². The van der Waals surface area contributed by atoms with Crippen LogP contribution in [0.3, 0.4) is 0 Å². The molecular weight excluding hydrogens is 142 g/mol. The molecule has 3 nitrogen and oxygen atoms in total. The van der Waals surface area contributed by atoms with Gasteiger partial charge in [0.2, 0.25) is 0 Å². The fourth-order valence-corrected chi connectivity index (χ4v) is 1.21. The van der Waals surface area contributed by atoms with Crippen LogP contribution in [0.4, 0.5) is 0 Å². The molecule has 1 heterocycles. The van der Waals surface area contributed by atoms with Crippen LogP contribution >= 0.6 is 0 Å². The SMILES string of the molecule is CC=O.CN1CCCC1CO. The Bertz CT molecular complexity index is 106. The fraction of sp³-hybridized carbons (Fsp3) is 0.875. The molecule has 1 aliphatic heterocycles. The Balaban J connectivity index is 0.000000292. The maximum absolute atomic E-state index is 8.81. The predicted molar refractivity (Wildman–Crippen MR) is 44.5 cm³/mol. The first kappa shape index (κ1) is 10.6. The molecule has 0 aromatic rings. The molecular formula is C8H17NO2. The van der Waals surface area contributed by atoms with E-state index in [1.807, 2.05) is 0 Å². The van der Waals surface area contributed by atoms with E-state index in [1.165, 1.54) is 19.8 Å².